The van der Waals surface area contributed by atoms with Crippen LogP contribution in [0.2, 0.25) is 0 Å². The van der Waals surface area contributed by atoms with E-state index in [2.05, 4.69) is 4.98 Å². The van der Waals surface area contributed by atoms with E-state index in [1.54, 1.807) is 24.0 Å². The molecule has 0 atom stereocenters. The Morgan fingerprint density at radius 3 is 3.18 bits per heavy atom. The first-order valence-electron chi connectivity index (χ1n) is 3.18. The SMILES string of the molecule is Cn1c(=O)sc2cnccc21. The Bertz CT molecular complexity index is 443. The van der Waals surface area contributed by atoms with E-state index >= 15 is 0 Å². The van der Waals surface area contributed by atoms with Crippen molar-refractivity contribution < 1.29 is 0 Å². The smallest absolute Gasteiger partial charge is 0.302 e. The van der Waals surface area contributed by atoms with Gasteiger partial charge in [0.05, 0.1) is 10.2 Å². The van der Waals surface area contributed by atoms with Gasteiger partial charge in [-0.3, -0.25) is 9.78 Å². The zero-order valence-corrected chi connectivity index (χ0v) is 6.76. The van der Waals surface area contributed by atoms with Crippen molar-refractivity contribution in [1.29, 1.82) is 0 Å². The average molecular weight is 166 g/mol. The van der Waals surface area contributed by atoms with Gasteiger partial charge < -0.3 is 4.57 Å². The summed E-state index contributed by atoms with van der Waals surface area (Å²) >= 11 is 1.22. The van der Waals surface area contributed by atoms with Crippen LogP contribution in [-0.2, 0) is 7.05 Å². The van der Waals surface area contributed by atoms with Crippen molar-refractivity contribution in [1.82, 2.24) is 9.55 Å². The second-order valence-electron chi connectivity index (χ2n) is 2.27. The lowest BCUT2D eigenvalue weighted by atomic mass is 10.4. The number of fused-ring (bicyclic) bond motifs is 1. The molecule has 11 heavy (non-hydrogen) atoms. The second kappa shape index (κ2) is 2.17. The number of aromatic nitrogens is 2. The van der Waals surface area contributed by atoms with Gasteiger partial charge in [-0.25, -0.2) is 0 Å². The normalized spacial score (nSPS) is 10.6. The number of pyridine rings is 1. The summed E-state index contributed by atoms with van der Waals surface area (Å²) in [6, 6.07) is 1.84. The molecular weight excluding hydrogens is 160 g/mol. The quantitative estimate of drug-likeness (QED) is 0.585. The number of aryl methyl sites for hydroxylation is 1. The number of hydrogen-bond acceptors (Lipinski definition) is 3. The largest absolute Gasteiger partial charge is 0.307 e. The van der Waals surface area contributed by atoms with Crippen LogP contribution >= 0.6 is 11.3 Å². The van der Waals surface area contributed by atoms with Crippen LogP contribution < -0.4 is 4.87 Å². The van der Waals surface area contributed by atoms with Crippen molar-refractivity contribution in [3.8, 4) is 0 Å². The van der Waals surface area contributed by atoms with E-state index in [1.807, 2.05) is 6.07 Å². The molecule has 0 aliphatic carbocycles. The van der Waals surface area contributed by atoms with Crippen LogP contribution in [0.25, 0.3) is 10.2 Å². The van der Waals surface area contributed by atoms with E-state index in [0.29, 0.717) is 0 Å². The maximum atomic E-state index is 11.1. The highest BCUT2D eigenvalue weighted by molar-refractivity contribution is 7.16. The second-order valence-corrected chi connectivity index (χ2v) is 3.26. The molecule has 2 heterocycles. The van der Waals surface area contributed by atoms with E-state index in [9.17, 15) is 4.79 Å². The fraction of sp³-hybridized carbons (Fsp3) is 0.143. The van der Waals surface area contributed by atoms with Gasteiger partial charge in [-0.1, -0.05) is 11.3 Å². The molecule has 0 aliphatic rings. The third-order valence-corrected chi connectivity index (χ3v) is 2.58. The lowest BCUT2D eigenvalue weighted by molar-refractivity contribution is 0.937. The number of rotatable bonds is 0. The van der Waals surface area contributed by atoms with Gasteiger partial charge in [0.15, 0.2) is 0 Å². The molecule has 0 unspecified atom stereocenters. The van der Waals surface area contributed by atoms with Crippen LogP contribution in [-0.4, -0.2) is 9.55 Å². The molecule has 0 aliphatic heterocycles. The summed E-state index contributed by atoms with van der Waals surface area (Å²) < 4.78 is 2.57. The maximum absolute atomic E-state index is 11.1. The molecule has 2 aromatic rings. The molecule has 0 radical (unpaired) electrons. The fourth-order valence-electron chi connectivity index (χ4n) is 0.989. The summed E-state index contributed by atoms with van der Waals surface area (Å²) in [5, 5.41) is 0. The highest BCUT2D eigenvalue weighted by atomic mass is 32.1. The number of hydrogen-bond donors (Lipinski definition) is 0. The standard InChI is InChI=1S/C7H6N2OS/c1-9-5-2-3-8-4-6(5)11-7(9)10/h2-4H,1H3. The predicted octanol–water partition coefficient (Wildman–Crippen LogP) is 0.995. The van der Waals surface area contributed by atoms with E-state index in [4.69, 9.17) is 0 Å². The van der Waals surface area contributed by atoms with Gasteiger partial charge in [0.1, 0.15) is 0 Å². The van der Waals surface area contributed by atoms with Crippen LogP contribution in [0.1, 0.15) is 0 Å². The van der Waals surface area contributed by atoms with Crippen molar-refractivity contribution in [3.05, 3.63) is 28.1 Å². The highest BCUT2D eigenvalue weighted by Gasteiger charge is 2.00. The molecule has 0 saturated carbocycles. The lowest BCUT2D eigenvalue weighted by Crippen LogP contribution is -2.06. The minimum absolute atomic E-state index is 0.0630. The first-order valence-corrected chi connectivity index (χ1v) is 4.00. The van der Waals surface area contributed by atoms with Crippen LogP contribution in [0.4, 0.5) is 0 Å². The summed E-state index contributed by atoms with van der Waals surface area (Å²) in [5.74, 6) is 0. The van der Waals surface area contributed by atoms with Crippen molar-refractivity contribution in [3.63, 3.8) is 0 Å². The summed E-state index contributed by atoms with van der Waals surface area (Å²) in [5.41, 5.74) is 0.954. The average Bonchev–Trinajstić information content (AvgIpc) is 2.30. The Hall–Kier alpha value is -1.16. The van der Waals surface area contributed by atoms with E-state index in [-0.39, 0.29) is 4.87 Å². The first kappa shape index (κ1) is 6.54. The van der Waals surface area contributed by atoms with Gasteiger partial charge in [0, 0.05) is 19.4 Å². The summed E-state index contributed by atoms with van der Waals surface area (Å²) in [6.45, 7) is 0. The zero-order valence-electron chi connectivity index (χ0n) is 5.94. The van der Waals surface area contributed by atoms with E-state index < -0.39 is 0 Å². The van der Waals surface area contributed by atoms with Gasteiger partial charge in [-0.05, 0) is 6.07 Å². The molecule has 0 aromatic carbocycles. The molecule has 0 bridgehead atoms. The van der Waals surface area contributed by atoms with Crippen LogP contribution in [0.15, 0.2) is 23.3 Å². The summed E-state index contributed by atoms with van der Waals surface area (Å²) in [4.78, 5) is 15.1. The van der Waals surface area contributed by atoms with Crippen molar-refractivity contribution in [2.75, 3.05) is 0 Å². The van der Waals surface area contributed by atoms with Gasteiger partial charge in [-0.15, -0.1) is 0 Å². The van der Waals surface area contributed by atoms with Crippen LogP contribution in [0.5, 0.6) is 0 Å². The molecule has 0 fully saturated rings. The zero-order chi connectivity index (χ0) is 7.84. The highest BCUT2D eigenvalue weighted by Crippen LogP contribution is 2.12. The molecular formula is C7H6N2OS. The van der Waals surface area contributed by atoms with Gasteiger partial charge in [0.25, 0.3) is 0 Å². The monoisotopic (exact) mass is 166 g/mol. The van der Waals surface area contributed by atoms with Crippen LogP contribution in [0, 0.1) is 0 Å². The van der Waals surface area contributed by atoms with Gasteiger partial charge >= 0.3 is 4.87 Å². The van der Waals surface area contributed by atoms with Crippen molar-refractivity contribution in [2.24, 2.45) is 7.05 Å². The minimum Gasteiger partial charge on any atom is -0.302 e. The topological polar surface area (TPSA) is 34.9 Å². The summed E-state index contributed by atoms with van der Waals surface area (Å²) in [7, 11) is 1.77. The first-order chi connectivity index (χ1) is 5.29. The van der Waals surface area contributed by atoms with Gasteiger partial charge in [-0.2, -0.15) is 0 Å². The Morgan fingerprint density at radius 2 is 2.45 bits per heavy atom. The van der Waals surface area contributed by atoms with Crippen molar-refractivity contribution in [2.45, 2.75) is 0 Å². The van der Waals surface area contributed by atoms with E-state index in [0.717, 1.165) is 10.2 Å². The number of thiazole rings is 1. The predicted molar refractivity (Wildman–Crippen MR) is 44.9 cm³/mol. The fourth-order valence-corrected chi connectivity index (χ4v) is 1.84. The molecule has 0 amide bonds. The number of nitrogens with zero attached hydrogens (tertiary/aromatic N) is 2. The molecule has 3 nitrogen and oxygen atoms in total. The third kappa shape index (κ3) is 0.867. The molecule has 2 aromatic heterocycles. The van der Waals surface area contributed by atoms with Crippen LogP contribution in [0.3, 0.4) is 0 Å². The minimum atomic E-state index is 0.0630. The molecule has 0 spiro atoms. The van der Waals surface area contributed by atoms with E-state index in [1.165, 1.54) is 11.3 Å². The maximum Gasteiger partial charge on any atom is 0.307 e. The summed E-state index contributed by atoms with van der Waals surface area (Å²) in [6.07, 6.45) is 3.40. The molecule has 56 valence electrons. The molecule has 0 N–H and O–H groups in total. The Kier molecular flexibility index (Phi) is 1.29. The third-order valence-electron chi connectivity index (χ3n) is 1.60. The Labute approximate surface area is 66.9 Å². The van der Waals surface area contributed by atoms with Crippen molar-refractivity contribution >= 4 is 21.6 Å². The molecule has 2 rings (SSSR count). The Balaban J connectivity index is 3.04. The molecule has 0 saturated heterocycles. The molecule has 4 heteroatoms. The Morgan fingerprint density at radius 1 is 1.64 bits per heavy atom. The lowest BCUT2D eigenvalue weighted by Gasteiger charge is -1.89. The van der Waals surface area contributed by atoms with Gasteiger partial charge in [0.2, 0.25) is 0 Å².